The van der Waals surface area contributed by atoms with Gasteiger partial charge in [0.05, 0.1) is 10.1 Å². The molecule has 4 heteroatoms. The highest BCUT2D eigenvalue weighted by molar-refractivity contribution is 9.10. The van der Waals surface area contributed by atoms with E-state index in [-0.39, 0.29) is 5.82 Å². The summed E-state index contributed by atoms with van der Waals surface area (Å²) in [6.07, 6.45) is 1.12. The van der Waals surface area contributed by atoms with Gasteiger partial charge in [0, 0.05) is 26.1 Å². The van der Waals surface area contributed by atoms with Crippen LogP contribution in [0, 0.1) is 5.82 Å². The molecule has 0 radical (unpaired) electrons. The molecule has 1 heterocycles. The topological polar surface area (TPSA) is 29.5 Å². The Morgan fingerprint density at radius 3 is 2.60 bits per heavy atom. The summed E-state index contributed by atoms with van der Waals surface area (Å²) >= 11 is 3.12. The summed E-state index contributed by atoms with van der Waals surface area (Å²) in [5.41, 5.74) is -0.117. The SMILES string of the molecule is OC1(c2ccc(F)c(Br)c2)CCOCC1. The highest BCUT2D eigenvalue weighted by Gasteiger charge is 2.32. The maximum Gasteiger partial charge on any atom is 0.137 e. The average Bonchev–Trinajstić information content (AvgIpc) is 2.23. The lowest BCUT2D eigenvalue weighted by Crippen LogP contribution is -2.33. The fourth-order valence-electron chi connectivity index (χ4n) is 1.78. The number of aliphatic hydroxyl groups is 1. The lowest BCUT2D eigenvalue weighted by molar-refractivity contribution is -0.0679. The van der Waals surface area contributed by atoms with E-state index in [9.17, 15) is 9.50 Å². The molecule has 2 nitrogen and oxygen atoms in total. The van der Waals surface area contributed by atoms with Gasteiger partial charge >= 0.3 is 0 Å². The van der Waals surface area contributed by atoms with Gasteiger partial charge in [-0.15, -0.1) is 0 Å². The minimum absolute atomic E-state index is 0.311. The van der Waals surface area contributed by atoms with Crippen LogP contribution in [-0.2, 0) is 10.3 Å². The normalized spacial score (nSPS) is 20.2. The molecule has 1 N–H and O–H groups in total. The van der Waals surface area contributed by atoms with Crippen molar-refractivity contribution in [3.8, 4) is 0 Å². The van der Waals surface area contributed by atoms with Crippen LogP contribution in [0.25, 0.3) is 0 Å². The third-order valence-electron chi connectivity index (χ3n) is 2.78. The molecule has 0 aromatic heterocycles. The van der Waals surface area contributed by atoms with E-state index < -0.39 is 5.60 Å². The largest absolute Gasteiger partial charge is 0.385 e. The van der Waals surface area contributed by atoms with E-state index in [1.54, 1.807) is 12.1 Å². The van der Waals surface area contributed by atoms with E-state index in [1.165, 1.54) is 6.07 Å². The van der Waals surface area contributed by atoms with E-state index in [0.717, 1.165) is 5.56 Å². The molecule has 1 saturated heterocycles. The number of halogens is 2. The molecular weight excluding hydrogens is 263 g/mol. The molecule has 0 atom stereocenters. The Bertz CT molecular complexity index is 362. The van der Waals surface area contributed by atoms with Crippen molar-refractivity contribution in [2.24, 2.45) is 0 Å². The molecule has 0 bridgehead atoms. The second kappa shape index (κ2) is 4.20. The Morgan fingerprint density at radius 2 is 2.00 bits per heavy atom. The number of hydrogen-bond donors (Lipinski definition) is 1. The maximum atomic E-state index is 13.0. The maximum absolute atomic E-state index is 13.0. The molecule has 0 aliphatic carbocycles. The van der Waals surface area contributed by atoms with Crippen LogP contribution >= 0.6 is 15.9 Å². The molecule has 1 aromatic carbocycles. The van der Waals surface area contributed by atoms with Crippen molar-refractivity contribution in [3.63, 3.8) is 0 Å². The number of hydrogen-bond acceptors (Lipinski definition) is 2. The molecule has 1 aliphatic rings. The van der Waals surface area contributed by atoms with Crippen molar-refractivity contribution < 1.29 is 14.2 Å². The van der Waals surface area contributed by atoms with Crippen molar-refractivity contribution in [1.82, 2.24) is 0 Å². The van der Waals surface area contributed by atoms with E-state index in [2.05, 4.69) is 15.9 Å². The van der Waals surface area contributed by atoms with Crippen LogP contribution in [0.4, 0.5) is 4.39 Å². The zero-order chi connectivity index (χ0) is 10.9. The summed E-state index contributed by atoms with van der Waals surface area (Å²) in [6.45, 7) is 1.09. The summed E-state index contributed by atoms with van der Waals surface area (Å²) in [5.74, 6) is -0.311. The van der Waals surface area contributed by atoms with Gasteiger partial charge in [-0.3, -0.25) is 0 Å². The van der Waals surface area contributed by atoms with Gasteiger partial charge < -0.3 is 9.84 Å². The van der Waals surface area contributed by atoms with Crippen molar-refractivity contribution in [2.75, 3.05) is 13.2 Å². The Balaban J connectivity index is 2.31. The van der Waals surface area contributed by atoms with Gasteiger partial charge in [-0.1, -0.05) is 6.07 Å². The molecule has 2 rings (SSSR count). The first-order valence-corrected chi connectivity index (χ1v) is 5.67. The van der Waals surface area contributed by atoms with E-state index in [0.29, 0.717) is 30.5 Å². The summed E-state index contributed by atoms with van der Waals surface area (Å²) < 4.78 is 18.6. The summed E-state index contributed by atoms with van der Waals surface area (Å²) in [7, 11) is 0. The predicted molar refractivity (Wildman–Crippen MR) is 58.0 cm³/mol. The fraction of sp³-hybridized carbons (Fsp3) is 0.455. The lowest BCUT2D eigenvalue weighted by Gasteiger charge is -2.32. The van der Waals surface area contributed by atoms with E-state index in [1.807, 2.05) is 0 Å². The van der Waals surface area contributed by atoms with E-state index >= 15 is 0 Å². The number of benzene rings is 1. The van der Waals surface area contributed by atoms with Crippen LogP contribution in [0.5, 0.6) is 0 Å². The van der Waals surface area contributed by atoms with Crippen LogP contribution in [0.1, 0.15) is 18.4 Å². The Morgan fingerprint density at radius 1 is 1.33 bits per heavy atom. The van der Waals surface area contributed by atoms with Gasteiger partial charge in [0.25, 0.3) is 0 Å². The third kappa shape index (κ3) is 2.22. The highest BCUT2D eigenvalue weighted by Crippen LogP contribution is 2.33. The molecular formula is C11H12BrFO2. The second-order valence-corrected chi connectivity index (χ2v) is 4.63. The van der Waals surface area contributed by atoms with Gasteiger partial charge in [-0.05, 0) is 33.6 Å². The van der Waals surface area contributed by atoms with Gasteiger partial charge in [-0.25, -0.2) is 4.39 Å². The first-order valence-electron chi connectivity index (χ1n) is 4.87. The van der Waals surface area contributed by atoms with Crippen LogP contribution in [0.15, 0.2) is 22.7 Å². The zero-order valence-corrected chi connectivity index (χ0v) is 9.76. The first kappa shape index (κ1) is 11.0. The molecule has 0 amide bonds. The average molecular weight is 275 g/mol. The number of rotatable bonds is 1. The second-order valence-electron chi connectivity index (χ2n) is 3.77. The standard InChI is InChI=1S/C11H12BrFO2/c12-9-7-8(1-2-10(9)13)11(14)3-5-15-6-4-11/h1-2,7,14H,3-6H2. The van der Waals surface area contributed by atoms with E-state index in [4.69, 9.17) is 4.74 Å². The van der Waals surface area contributed by atoms with Crippen molar-refractivity contribution in [1.29, 1.82) is 0 Å². The highest BCUT2D eigenvalue weighted by atomic mass is 79.9. The molecule has 1 fully saturated rings. The summed E-state index contributed by atoms with van der Waals surface area (Å²) in [6, 6.07) is 4.64. The minimum Gasteiger partial charge on any atom is -0.385 e. The molecule has 15 heavy (non-hydrogen) atoms. The zero-order valence-electron chi connectivity index (χ0n) is 8.17. The van der Waals surface area contributed by atoms with Gasteiger partial charge in [0.2, 0.25) is 0 Å². The number of ether oxygens (including phenoxy) is 1. The molecule has 82 valence electrons. The van der Waals surface area contributed by atoms with Gasteiger partial charge in [0.15, 0.2) is 0 Å². The van der Waals surface area contributed by atoms with Gasteiger partial charge in [0.1, 0.15) is 5.82 Å². The quantitative estimate of drug-likeness (QED) is 0.853. The van der Waals surface area contributed by atoms with Gasteiger partial charge in [-0.2, -0.15) is 0 Å². The summed E-state index contributed by atoms with van der Waals surface area (Å²) in [5, 5.41) is 10.3. The smallest absolute Gasteiger partial charge is 0.137 e. The van der Waals surface area contributed by atoms with Crippen LogP contribution in [0.2, 0.25) is 0 Å². The summed E-state index contributed by atoms with van der Waals surface area (Å²) in [4.78, 5) is 0. The molecule has 0 spiro atoms. The Hall–Kier alpha value is -0.450. The monoisotopic (exact) mass is 274 g/mol. The molecule has 1 aliphatic heterocycles. The first-order chi connectivity index (χ1) is 7.12. The van der Waals surface area contributed by atoms with Crippen molar-refractivity contribution in [2.45, 2.75) is 18.4 Å². The molecule has 0 unspecified atom stereocenters. The van der Waals surface area contributed by atoms with Crippen LogP contribution in [-0.4, -0.2) is 18.3 Å². The van der Waals surface area contributed by atoms with Crippen molar-refractivity contribution in [3.05, 3.63) is 34.1 Å². The van der Waals surface area contributed by atoms with Crippen LogP contribution < -0.4 is 0 Å². The van der Waals surface area contributed by atoms with Crippen molar-refractivity contribution >= 4 is 15.9 Å². The molecule has 1 aromatic rings. The molecule has 0 saturated carbocycles. The van der Waals surface area contributed by atoms with Crippen LogP contribution in [0.3, 0.4) is 0 Å². The third-order valence-corrected chi connectivity index (χ3v) is 3.38. The predicted octanol–water partition coefficient (Wildman–Crippen LogP) is 2.59. The minimum atomic E-state index is -0.867. The fourth-order valence-corrected chi connectivity index (χ4v) is 2.16. The Labute approximate surface area is 96.2 Å². The lowest BCUT2D eigenvalue weighted by atomic mass is 9.86. The Kier molecular flexibility index (Phi) is 3.09.